The standard InChI is InChI=1S/C27H20Br2N4O6S/c1-37-16-5-2-14(3-6-16)12-39-22-13-38-17(9-21(22)34)11-30-25(35)15-4-7-19-23(8-15)40-27(32-19)33-26(36)20-10-18(28)24(29)31-20/h2-10,13,31H,11-12H2,1H3,(H,30,35)(H,32,33,36). The fourth-order valence-corrected chi connectivity index (χ4v) is 5.16. The predicted octanol–water partition coefficient (Wildman–Crippen LogP) is 5.87. The molecule has 3 N–H and O–H groups in total. The molecule has 3 heterocycles. The summed E-state index contributed by atoms with van der Waals surface area (Å²) in [6.07, 6.45) is 1.23. The van der Waals surface area contributed by atoms with Gasteiger partial charge in [0, 0.05) is 11.6 Å². The van der Waals surface area contributed by atoms with Crippen molar-refractivity contribution < 1.29 is 23.5 Å². The zero-order chi connectivity index (χ0) is 28.2. The lowest BCUT2D eigenvalue weighted by Crippen LogP contribution is -2.23. The lowest BCUT2D eigenvalue weighted by Gasteiger charge is -2.08. The molecule has 3 aromatic heterocycles. The van der Waals surface area contributed by atoms with E-state index in [1.807, 2.05) is 12.1 Å². The molecule has 0 fully saturated rings. The van der Waals surface area contributed by atoms with E-state index in [9.17, 15) is 14.4 Å². The molecule has 0 atom stereocenters. The van der Waals surface area contributed by atoms with Gasteiger partial charge < -0.3 is 24.2 Å². The monoisotopic (exact) mass is 686 g/mol. The summed E-state index contributed by atoms with van der Waals surface area (Å²) < 4.78 is 18.3. The van der Waals surface area contributed by atoms with E-state index in [2.05, 4.69) is 52.5 Å². The quantitative estimate of drug-likeness (QED) is 0.176. The number of aromatic amines is 1. The molecule has 5 rings (SSSR count). The summed E-state index contributed by atoms with van der Waals surface area (Å²) in [4.78, 5) is 45.0. The van der Waals surface area contributed by atoms with Crippen LogP contribution in [0.15, 0.2) is 79.1 Å². The Morgan fingerprint density at radius 1 is 1.07 bits per heavy atom. The van der Waals surface area contributed by atoms with Gasteiger partial charge in [0.1, 0.15) is 30.1 Å². The van der Waals surface area contributed by atoms with Gasteiger partial charge in [-0.25, -0.2) is 4.98 Å². The van der Waals surface area contributed by atoms with Gasteiger partial charge in [0.05, 0.1) is 32.9 Å². The van der Waals surface area contributed by atoms with Crippen molar-refractivity contribution in [2.45, 2.75) is 13.2 Å². The molecule has 10 nitrogen and oxygen atoms in total. The molecule has 204 valence electrons. The molecule has 40 heavy (non-hydrogen) atoms. The third kappa shape index (κ3) is 6.43. The van der Waals surface area contributed by atoms with Gasteiger partial charge in [0.15, 0.2) is 5.13 Å². The van der Waals surface area contributed by atoms with Crippen molar-refractivity contribution in [3.05, 3.63) is 103 Å². The van der Waals surface area contributed by atoms with Gasteiger partial charge in [-0.1, -0.05) is 23.5 Å². The Morgan fingerprint density at radius 3 is 2.58 bits per heavy atom. The minimum atomic E-state index is -0.358. The van der Waals surface area contributed by atoms with Crippen LogP contribution in [0.25, 0.3) is 10.2 Å². The first-order valence-corrected chi connectivity index (χ1v) is 14.1. The molecular formula is C27H20Br2N4O6S. The van der Waals surface area contributed by atoms with Crippen LogP contribution in [0.5, 0.6) is 11.5 Å². The van der Waals surface area contributed by atoms with Crippen LogP contribution < -0.4 is 25.5 Å². The zero-order valence-corrected chi connectivity index (χ0v) is 24.7. The molecular weight excluding hydrogens is 668 g/mol. The number of carbonyl (C=O) groups is 2. The van der Waals surface area contributed by atoms with Crippen molar-refractivity contribution in [1.82, 2.24) is 15.3 Å². The molecule has 0 spiro atoms. The van der Waals surface area contributed by atoms with Crippen LogP contribution in [0.4, 0.5) is 5.13 Å². The van der Waals surface area contributed by atoms with Crippen LogP contribution in [0.1, 0.15) is 32.2 Å². The summed E-state index contributed by atoms with van der Waals surface area (Å²) >= 11 is 7.89. The number of halogens is 2. The minimum Gasteiger partial charge on any atom is -0.497 e. The largest absolute Gasteiger partial charge is 0.497 e. The summed E-state index contributed by atoms with van der Waals surface area (Å²) in [6, 6.07) is 15.2. The highest BCUT2D eigenvalue weighted by Gasteiger charge is 2.15. The number of rotatable bonds is 9. The average molecular weight is 688 g/mol. The second kappa shape index (κ2) is 12.1. The second-order valence-electron chi connectivity index (χ2n) is 8.39. The lowest BCUT2D eigenvalue weighted by atomic mass is 10.2. The first-order valence-electron chi connectivity index (χ1n) is 11.7. The number of hydrogen-bond donors (Lipinski definition) is 3. The van der Waals surface area contributed by atoms with Gasteiger partial charge >= 0.3 is 0 Å². The molecule has 0 aliphatic rings. The van der Waals surface area contributed by atoms with Crippen LogP contribution in [-0.2, 0) is 13.2 Å². The minimum absolute atomic E-state index is 0.0101. The summed E-state index contributed by atoms with van der Waals surface area (Å²) in [5, 5.41) is 5.89. The highest BCUT2D eigenvalue weighted by molar-refractivity contribution is 9.13. The Labute approximate surface area is 248 Å². The van der Waals surface area contributed by atoms with E-state index in [0.717, 1.165) is 20.5 Å². The van der Waals surface area contributed by atoms with Crippen molar-refractivity contribution in [3.8, 4) is 11.5 Å². The Bertz CT molecular complexity index is 1740. The molecule has 0 saturated carbocycles. The first kappa shape index (κ1) is 27.6. The number of fused-ring (bicyclic) bond motifs is 1. The third-order valence-corrected chi connectivity index (χ3v) is 8.39. The molecule has 0 radical (unpaired) electrons. The average Bonchev–Trinajstić information content (AvgIpc) is 3.52. The fourth-order valence-electron chi connectivity index (χ4n) is 3.60. The number of ether oxygens (including phenoxy) is 2. The molecule has 0 saturated heterocycles. The number of methoxy groups -OCH3 is 1. The van der Waals surface area contributed by atoms with Crippen molar-refractivity contribution >= 4 is 70.4 Å². The first-order chi connectivity index (χ1) is 19.3. The van der Waals surface area contributed by atoms with E-state index in [1.54, 1.807) is 43.5 Å². The topological polar surface area (TPSA) is 136 Å². The maximum Gasteiger partial charge on any atom is 0.273 e. The smallest absolute Gasteiger partial charge is 0.273 e. The molecule has 0 unspecified atom stereocenters. The Hall–Kier alpha value is -3.94. The number of H-pyrrole nitrogens is 1. The molecule has 5 aromatic rings. The number of amides is 2. The molecule has 0 aliphatic carbocycles. The van der Waals surface area contributed by atoms with Crippen LogP contribution in [0.2, 0.25) is 0 Å². The Kier molecular flexibility index (Phi) is 8.33. The highest BCUT2D eigenvalue weighted by Crippen LogP contribution is 2.28. The summed E-state index contributed by atoms with van der Waals surface area (Å²) in [7, 11) is 1.59. The van der Waals surface area contributed by atoms with Gasteiger partial charge in [0.25, 0.3) is 11.8 Å². The maximum absolute atomic E-state index is 12.8. The van der Waals surface area contributed by atoms with Crippen molar-refractivity contribution in [1.29, 1.82) is 0 Å². The number of nitrogens with one attached hydrogen (secondary N) is 3. The Morgan fingerprint density at radius 2 is 1.88 bits per heavy atom. The number of nitrogens with zero attached hydrogens (tertiary/aromatic N) is 1. The van der Waals surface area contributed by atoms with E-state index < -0.39 is 0 Å². The fraction of sp³-hybridized carbons (Fsp3) is 0.111. The predicted molar refractivity (Wildman–Crippen MR) is 157 cm³/mol. The van der Waals surface area contributed by atoms with Gasteiger partial charge in [-0.15, -0.1) is 0 Å². The third-order valence-electron chi connectivity index (χ3n) is 5.67. The van der Waals surface area contributed by atoms with Gasteiger partial charge in [-0.05, 0) is 73.8 Å². The highest BCUT2D eigenvalue weighted by atomic mass is 79.9. The molecule has 0 bridgehead atoms. The number of aromatic nitrogens is 2. The van der Waals surface area contributed by atoms with E-state index in [0.29, 0.717) is 26.5 Å². The summed E-state index contributed by atoms with van der Waals surface area (Å²) in [5.41, 5.74) is 1.91. The van der Waals surface area contributed by atoms with Crippen LogP contribution in [-0.4, -0.2) is 28.9 Å². The van der Waals surface area contributed by atoms with Crippen LogP contribution in [0, 0.1) is 0 Å². The number of anilines is 1. The number of thiazole rings is 1. The number of hydrogen-bond acceptors (Lipinski definition) is 8. The Balaban J connectivity index is 1.18. The van der Waals surface area contributed by atoms with Crippen molar-refractivity contribution in [2.75, 3.05) is 12.4 Å². The normalized spacial score (nSPS) is 10.9. The SMILES string of the molecule is COc1ccc(COc2coc(CNC(=O)c3ccc4nc(NC(=O)c5cc(Br)c(Br)[nH]5)sc4c3)cc2=O)cc1. The summed E-state index contributed by atoms with van der Waals surface area (Å²) in [5.74, 6) is 0.375. The molecule has 13 heteroatoms. The van der Waals surface area contributed by atoms with Gasteiger partial charge in [-0.2, -0.15) is 0 Å². The maximum atomic E-state index is 12.8. The number of benzene rings is 2. The van der Waals surface area contributed by atoms with Crippen LogP contribution >= 0.6 is 43.2 Å². The van der Waals surface area contributed by atoms with Gasteiger partial charge in [-0.3, -0.25) is 19.7 Å². The molecule has 2 amide bonds. The lowest BCUT2D eigenvalue weighted by molar-refractivity contribution is 0.0947. The van der Waals surface area contributed by atoms with E-state index in [-0.39, 0.29) is 41.9 Å². The van der Waals surface area contributed by atoms with Crippen molar-refractivity contribution in [3.63, 3.8) is 0 Å². The summed E-state index contributed by atoms with van der Waals surface area (Å²) in [6.45, 7) is 0.202. The van der Waals surface area contributed by atoms with Gasteiger partial charge in [0.2, 0.25) is 11.2 Å². The zero-order valence-electron chi connectivity index (χ0n) is 20.7. The number of carbonyl (C=O) groups excluding carboxylic acids is 2. The van der Waals surface area contributed by atoms with Crippen LogP contribution in [0.3, 0.4) is 0 Å². The molecule has 0 aliphatic heterocycles. The van der Waals surface area contributed by atoms with Crippen molar-refractivity contribution in [2.24, 2.45) is 0 Å². The molecule has 2 aromatic carbocycles. The van der Waals surface area contributed by atoms with E-state index >= 15 is 0 Å². The second-order valence-corrected chi connectivity index (χ2v) is 11.1. The van der Waals surface area contributed by atoms with E-state index in [4.69, 9.17) is 13.9 Å². The van der Waals surface area contributed by atoms with E-state index in [1.165, 1.54) is 23.7 Å².